The zero-order chi connectivity index (χ0) is 11.8. The van der Waals surface area contributed by atoms with Crippen LogP contribution in [0.4, 0.5) is 5.69 Å². The first kappa shape index (κ1) is 12.5. The minimum Gasteiger partial charge on any atom is -0.385 e. The Morgan fingerprint density at radius 1 is 1.38 bits per heavy atom. The quantitative estimate of drug-likeness (QED) is 0.768. The van der Waals surface area contributed by atoms with Gasteiger partial charge in [-0.1, -0.05) is 19.4 Å². The van der Waals surface area contributed by atoms with E-state index in [0.717, 1.165) is 25.2 Å². The lowest BCUT2D eigenvalue weighted by Crippen LogP contribution is -2.24. The maximum atomic E-state index is 8.78. The van der Waals surface area contributed by atoms with Gasteiger partial charge in [-0.2, -0.15) is 5.26 Å². The van der Waals surface area contributed by atoms with E-state index in [0.29, 0.717) is 11.5 Å². The third-order valence-corrected chi connectivity index (χ3v) is 2.66. The predicted molar refractivity (Wildman–Crippen MR) is 67.4 cm³/mol. The van der Waals surface area contributed by atoms with Gasteiger partial charge in [0.2, 0.25) is 0 Å². The van der Waals surface area contributed by atoms with Crippen molar-refractivity contribution in [3.63, 3.8) is 0 Å². The minimum absolute atomic E-state index is 0.621. The number of nitrogens with zero attached hydrogens (tertiary/aromatic N) is 1. The molecule has 0 heterocycles. The van der Waals surface area contributed by atoms with E-state index in [2.05, 4.69) is 23.6 Å². The van der Waals surface area contributed by atoms with Crippen LogP contribution in [0.25, 0.3) is 0 Å². The molecule has 1 atom stereocenters. The van der Waals surface area contributed by atoms with Crippen molar-refractivity contribution in [3.8, 4) is 6.07 Å². The summed E-state index contributed by atoms with van der Waals surface area (Å²) in [6.07, 6.45) is 1.14. The van der Waals surface area contributed by atoms with Gasteiger partial charge in [0.05, 0.1) is 11.6 Å². The van der Waals surface area contributed by atoms with Crippen molar-refractivity contribution in [1.29, 1.82) is 5.26 Å². The summed E-state index contributed by atoms with van der Waals surface area (Å²) >= 11 is 0. The van der Waals surface area contributed by atoms with Crippen LogP contribution in [-0.2, 0) is 0 Å². The summed E-state index contributed by atoms with van der Waals surface area (Å²) in [5.74, 6) is 0.621. The number of rotatable bonds is 6. The molecule has 0 saturated carbocycles. The highest BCUT2D eigenvalue weighted by Crippen LogP contribution is 2.11. The first-order valence-electron chi connectivity index (χ1n) is 5.68. The van der Waals surface area contributed by atoms with Crippen molar-refractivity contribution >= 4 is 5.69 Å². The Morgan fingerprint density at radius 2 is 2.19 bits per heavy atom. The van der Waals surface area contributed by atoms with Crippen molar-refractivity contribution < 1.29 is 0 Å². The number of benzene rings is 1. The Hall–Kier alpha value is -1.53. The fourth-order valence-electron chi connectivity index (χ4n) is 1.61. The van der Waals surface area contributed by atoms with Crippen molar-refractivity contribution in [1.82, 2.24) is 5.32 Å². The van der Waals surface area contributed by atoms with E-state index in [4.69, 9.17) is 5.26 Å². The van der Waals surface area contributed by atoms with Crippen LogP contribution in [0.1, 0.15) is 18.9 Å². The van der Waals surface area contributed by atoms with Crippen molar-refractivity contribution in [2.45, 2.75) is 13.3 Å². The molecule has 0 aliphatic carbocycles. The minimum atomic E-state index is 0.621. The second-order valence-electron chi connectivity index (χ2n) is 3.91. The molecule has 3 heteroatoms. The highest BCUT2D eigenvalue weighted by Gasteiger charge is 2.04. The van der Waals surface area contributed by atoms with E-state index in [1.54, 1.807) is 0 Å². The van der Waals surface area contributed by atoms with Gasteiger partial charge in [0.15, 0.2) is 0 Å². The average molecular weight is 217 g/mol. The molecule has 0 amide bonds. The first-order valence-corrected chi connectivity index (χ1v) is 5.68. The normalized spacial score (nSPS) is 11.8. The molecule has 16 heavy (non-hydrogen) atoms. The molecule has 1 rings (SSSR count). The summed E-state index contributed by atoms with van der Waals surface area (Å²) < 4.78 is 0. The molecular weight excluding hydrogens is 198 g/mol. The van der Waals surface area contributed by atoms with Crippen LogP contribution < -0.4 is 10.6 Å². The second-order valence-corrected chi connectivity index (χ2v) is 3.91. The SMILES string of the molecule is CCC(CNC)CNc1cccc(C#N)c1. The third-order valence-electron chi connectivity index (χ3n) is 2.66. The number of hydrogen-bond donors (Lipinski definition) is 2. The van der Waals surface area contributed by atoms with Crippen LogP contribution in [0.3, 0.4) is 0 Å². The fourth-order valence-corrected chi connectivity index (χ4v) is 1.61. The second kappa shape index (κ2) is 6.86. The highest BCUT2D eigenvalue weighted by atomic mass is 14.9. The van der Waals surface area contributed by atoms with Crippen molar-refractivity contribution in [2.24, 2.45) is 5.92 Å². The molecule has 0 bridgehead atoms. The van der Waals surface area contributed by atoms with Gasteiger partial charge in [0.25, 0.3) is 0 Å². The molecule has 0 fully saturated rings. The molecule has 0 aromatic heterocycles. The topological polar surface area (TPSA) is 47.8 Å². The molecule has 1 aromatic rings. The van der Waals surface area contributed by atoms with E-state index < -0.39 is 0 Å². The van der Waals surface area contributed by atoms with Gasteiger partial charge in [-0.15, -0.1) is 0 Å². The van der Waals surface area contributed by atoms with Gasteiger partial charge in [-0.05, 0) is 37.7 Å². The zero-order valence-electron chi connectivity index (χ0n) is 9.96. The van der Waals surface area contributed by atoms with E-state index in [-0.39, 0.29) is 0 Å². The smallest absolute Gasteiger partial charge is 0.0992 e. The van der Waals surface area contributed by atoms with Gasteiger partial charge in [-0.25, -0.2) is 0 Å². The van der Waals surface area contributed by atoms with Crippen LogP contribution in [0.5, 0.6) is 0 Å². The molecule has 0 aliphatic heterocycles. The number of nitriles is 1. The first-order chi connectivity index (χ1) is 7.80. The Kier molecular flexibility index (Phi) is 5.38. The van der Waals surface area contributed by atoms with Gasteiger partial charge in [-0.3, -0.25) is 0 Å². The molecule has 1 unspecified atom stereocenters. The molecule has 3 nitrogen and oxygen atoms in total. The van der Waals surface area contributed by atoms with E-state index in [9.17, 15) is 0 Å². The molecular formula is C13H19N3. The molecule has 1 aromatic carbocycles. The van der Waals surface area contributed by atoms with Crippen LogP contribution in [0, 0.1) is 17.2 Å². The lowest BCUT2D eigenvalue weighted by atomic mass is 10.1. The summed E-state index contributed by atoms with van der Waals surface area (Å²) in [5.41, 5.74) is 1.72. The van der Waals surface area contributed by atoms with Gasteiger partial charge in [0, 0.05) is 12.2 Å². The summed E-state index contributed by atoms with van der Waals surface area (Å²) in [6.45, 7) is 4.14. The van der Waals surface area contributed by atoms with E-state index >= 15 is 0 Å². The van der Waals surface area contributed by atoms with Crippen LogP contribution >= 0.6 is 0 Å². The molecule has 0 radical (unpaired) electrons. The summed E-state index contributed by atoms with van der Waals surface area (Å²) in [5, 5.41) is 15.3. The van der Waals surface area contributed by atoms with Crippen molar-refractivity contribution in [2.75, 3.05) is 25.5 Å². The van der Waals surface area contributed by atoms with E-state index in [1.165, 1.54) is 0 Å². The molecule has 86 valence electrons. The lowest BCUT2D eigenvalue weighted by Gasteiger charge is -2.15. The number of anilines is 1. The van der Waals surface area contributed by atoms with Crippen LogP contribution in [0.2, 0.25) is 0 Å². The molecule has 2 N–H and O–H groups in total. The Balaban J connectivity index is 2.50. The molecule has 0 saturated heterocycles. The fraction of sp³-hybridized carbons (Fsp3) is 0.462. The molecule has 0 aliphatic rings. The maximum absolute atomic E-state index is 8.78. The van der Waals surface area contributed by atoms with E-state index in [1.807, 2.05) is 31.3 Å². The number of nitrogens with one attached hydrogen (secondary N) is 2. The summed E-state index contributed by atoms with van der Waals surface area (Å²) in [4.78, 5) is 0. The maximum Gasteiger partial charge on any atom is 0.0992 e. The van der Waals surface area contributed by atoms with Crippen molar-refractivity contribution in [3.05, 3.63) is 29.8 Å². The standard InChI is InChI=1S/C13H19N3/c1-3-11(9-15-2)10-16-13-6-4-5-12(7-13)8-14/h4-7,11,15-16H,3,9-10H2,1-2H3. The lowest BCUT2D eigenvalue weighted by molar-refractivity contribution is 0.506. The zero-order valence-corrected chi connectivity index (χ0v) is 9.96. The Labute approximate surface area is 97.5 Å². The third kappa shape index (κ3) is 3.92. The van der Waals surface area contributed by atoms with Gasteiger partial charge >= 0.3 is 0 Å². The van der Waals surface area contributed by atoms with Gasteiger partial charge < -0.3 is 10.6 Å². The average Bonchev–Trinajstić information content (AvgIpc) is 2.34. The summed E-state index contributed by atoms with van der Waals surface area (Å²) in [6, 6.07) is 9.73. The Morgan fingerprint density at radius 3 is 2.81 bits per heavy atom. The summed E-state index contributed by atoms with van der Waals surface area (Å²) in [7, 11) is 1.97. The van der Waals surface area contributed by atoms with Crippen LogP contribution in [0.15, 0.2) is 24.3 Å². The molecule has 0 spiro atoms. The number of hydrogen-bond acceptors (Lipinski definition) is 3. The monoisotopic (exact) mass is 217 g/mol. The highest BCUT2D eigenvalue weighted by molar-refractivity contribution is 5.49. The predicted octanol–water partition coefficient (Wildman–Crippen LogP) is 2.22. The largest absolute Gasteiger partial charge is 0.385 e. The van der Waals surface area contributed by atoms with Gasteiger partial charge in [0.1, 0.15) is 0 Å². The van der Waals surface area contributed by atoms with Crippen LogP contribution in [-0.4, -0.2) is 20.1 Å². The Bertz CT molecular complexity index is 354.